The van der Waals surface area contributed by atoms with Crippen LogP contribution in [0.2, 0.25) is 0 Å². The second kappa shape index (κ2) is 9.96. The van der Waals surface area contributed by atoms with Crippen molar-refractivity contribution in [2.45, 2.75) is 26.7 Å². The molecule has 0 aliphatic heterocycles. The van der Waals surface area contributed by atoms with Crippen LogP contribution in [0.5, 0.6) is 0 Å². The molecule has 0 aromatic heterocycles. The Morgan fingerprint density at radius 3 is 2.77 bits per heavy atom. The van der Waals surface area contributed by atoms with Crippen molar-refractivity contribution in [2.75, 3.05) is 32.9 Å². The zero-order chi connectivity index (χ0) is 9.94. The Morgan fingerprint density at radius 2 is 2.15 bits per heavy atom. The van der Waals surface area contributed by atoms with Crippen molar-refractivity contribution in [1.29, 1.82) is 0 Å². The van der Waals surface area contributed by atoms with Gasteiger partial charge in [-0.25, -0.2) is 0 Å². The molecule has 3 heteroatoms. The summed E-state index contributed by atoms with van der Waals surface area (Å²) in [6.07, 6.45) is 2.23. The Bertz CT molecular complexity index is 98.9. The predicted octanol–water partition coefficient (Wildman–Crippen LogP) is 1.02. The van der Waals surface area contributed by atoms with E-state index in [1.165, 1.54) is 0 Å². The zero-order valence-corrected chi connectivity index (χ0v) is 8.88. The van der Waals surface area contributed by atoms with E-state index < -0.39 is 0 Å². The molecule has 2 N–H and O–H groups in total. The topological polar surface area (TPSA) is 41.5 Å². The fraction of sp³-hybridized carbons (Fsp3) is 1.00. The van der Waals surface area contributed by atoms with Gasteiger partial charge in [0.2, 0.25) is 0 Å². The van der Waals surface area contributed by atoms with E-state index in [9.17, 15) is 0 Å². The molecule has 3 nitrogen and oxygen atoms in total. The molecule has 0 amide bonds. The van der Waals surface area contributed by atoms with Gasteiger partial charge in [-0.2, -0.15) is 0 Å². The monoisotopic (exact) mass is 189 g/mol. The van der Waals surface area contributed by atoms with Crippen LogP contribution < -0.4 is 5.32 Å². The lowest BCUT2D eigenvalue weighted by molar-refractivity contribution is 0.149. The largest absolute Gasteiger partial charge is 0.396 e. The summed E-state index contributed by atoms with van der Waals surface area (Å²) in [6, 6.07) is 0. The van der Waals surface area contributed by atoms with Gasteiger partial charge < -0.3 is 15.2 Å². The van der Waals surface area contributed by atoms with Crippen LogP contribution in [0.1, 0.15) is 26.7 Å². The Balaban J connectivity index is 2.91. The van der Waals surface area contributed by atoms with Gasteiger partial charge in [0.15, 0.2) is 0 Å². The number of ether oxygens (including phenoxy) is 1. The summed E-state index contributed by atoms with van der Waals surface area (Å²) in [5.74, 6) is 0.439. The minimum absolute atomic E-state index is 0.305. The van der Waals surface area contributed by atoms with Crippen molar-refractivity contribution in [3.05, 3.63) is 0 Å². The van der Waals surface area contributed by atoms with Crippen LogP contribution in [0.3, 0.4) is 0 Å². The minimum Gasteiger partial charge on any atom is -0.396 e. The van der Waals surface area contributed by atoms with Gasteiger partial charge in [0.25, 0.3) is 0 Å². The van der Waals surface area contributed by atoms with Crippen molar-refractivity contribution in [1.82, 2.24) is 5.32 Å². The van der Waals surface area contributed by atoms with Gasteiger partial charge in [0.1, 0.15) is 0 Å². The van der Waals surface area contributed by atoms with E-state index in [1.807, 2.05) is 6.92 Å². The van der Waals surface area contributed by atoms with Crippen LogP contribution in [0.25, 0.3) is 0 Å². The highest BCUT2D eigenvalue weighted by atomic mass is 16.5. The highest BCUT2D eigenvalue weighted by molar-refractivity contribution is 4.53. The van der Waals surface area contributed by atoms with Crippen molar-refractivity contribution in [2.24, 2.45) is 5.92 Å². The predicted molar refractivity (Wildman–Crippen MR) is 54.8 cm³/mol. The van der Waals surface area contributed by atoms with E-state index >= 15 is 0 Å². The number of aliphatic hydroxyl groups excluding tert-OH is 1. The van der Waals surface area contributed by atoms with Crippen LogP contribution in [0, 0.1) is 5.92 Å². The van der Waals surface area contributed by atoms with Gasteiger partial charge in [-0.15, -0.1) is 0 Å². The first-order chi connectivity index (χ1) is 6.31. The third-order valence-corrected chi connectivity index (χ3v) is 1.99. The van der Waals surface area contributed by atoms with E-state index in [4.69, 9.17) is 9.84 Å². The quantitative estimate of drug-likeness (QED) is 0.532. The Morgan fingerprint density at radius 1 is 1.38 bits per heavy atom. The van der Waals surface area contributed by atoms with Crippen LogP contribution in [0.4, 0.5) is 0 Å². The second-order valence-electron chi connectivity index (χ2n) is 3.38. The first-order valence-corrected chi connectivity index (χ1v) is 5.20. The summed E-state index contributed by atoms with van der Waals surface area (Å²) in [5.41, 5.74) is 0. The Labute approximate surface area is 81.5 Å². The maximum atomic E-state index is 8.77. The molecule has 0 aromatic carbocycles. The smallest absolute Gasteiger partial charge is 0.0590 e. The van der Waals surface area contributed by atoms with Crippen LogP contribution in [-0.2, 0) is 4.74 Å². The first-order valence-electron chi connectivity index (χ1n) is 5.20. The maximum absolute atomic E-state index is 8.77. The molecule has 0 aliphatic carbocycles. The molecule has 0 fully saturated rings. The molecule has 1 atom stereocenters. The highest BCUT2D eigenvalue weighted by Crippen LogP contribution is 2.02. The zero-order valence-electron chi connectivity index (χ0n) is 8.88. The molecular weight excluding hydrogens is 166 g/mol. The first kappa shape index (κ1) is 12.9. The van der Waals surface area contributed by atoms with Crippen LogP contribution >= 0.6 is 0 Å². The molecule has 0 saturated carbocycles. The molecule has 0 saturated heterocycles. The molecule has 80 valence electrons. The van der Waals surface area contributed by atoms with Gasteiger partial charge in [-0.1, -0.05) is 6.92 Å². The molecule has 0 spiro atoms. The second-order valence-corrected chi connectivity index (χ2v) is 3.38. The third kappa shape index (κ3) is 9.80. The minimum atomic E-state index is 0.305. The molecule has 0 aromatic rings. The standard InChI is InChI=1S/C10H23NO2/c1-3-13-8-7-11-6-4-5-10(2)9-12/h10-12H,3-9H2,1-2H3. The summed E-state index contributed by atoms with van der Waals surface area (Å²) in [6.45, 7) is 7.93. The maximum Gasteiger partial charge on any atom is 0.0590 e. The van der Waals surface area contributed by atoms with Crippen molar-refractivity contribution >= 4 is 0 Å². The molecule has 0 bridgehead atoms. The number of nitrogens with one attached hydrogen (secondary N) is 1. The molecular formula is C10H23NO2. The third-order valence-electron chi connectivity index (χ3n) is 1.99. The number of hydrogen-bond donors (Lipinski definition) is 2. The molecule has 0 heterocycles. The summed E-state index contributed by atoms with van der Waals surface area (Å²) >= 11 is 0. The van der Waals surface area contributed by atoms with E-state index in [-0.39, 0.29) is 0 Å². The molecule has 0 rings (SSSR count). The van der Waals surface area contributed by atoms with E-state index in [1.54, 1.807) is 0 Å². The summed E-state index contributed by atoms with van der Waals surface area (Å²) < 4.78 is 5.18. The van der Waals surface area contributed by atoms with Gasteiger partial charge in [-0.05, 0) is 32.2 Å². The van der Waals surface area contributed by atoms with Crippen molar-refractivity contribution < 1.29 is 9.84 Å². The van der Waals surface area contributed by atoms with Gasteiger partial charge in [-0.3, -0.25) is 0 Å². The Hall–Kier alpha value is -0.120. The molecule has 0 radical (unpaired) electrons. The van der Waals surface area contributed by atoms with E-state index in [2.05, 4.69) is 12.2 Å². The van der Waals surface area contributed by atoms with Crippen molar-refractivity contribution in [3.63, 3.8) is 0 Å². The average molecular weight is 189 g/mol. The molecule has 0 aliphatic rings. The van der Waals surface area contributed by atoms with Gasteiger partial charge >= 0.3 is 0 Å². The van der Waals surface area contributed by atoms with Crippen LogP contribution in [-0.4, -0.2) is 38.0 Å². The lowest BCUT2D eigenvalue weighted by atomic mass is 10.1. The fourth-order valence-corrected chi connectivity index (χ4v) is 1.08. The molecule has 1 unspecified atom stereocenters. The summed E-state index contributed by atoms with van der Waals surface area (Å²) in [7, 11) is 0. The van der Waals surface area contributed by atoms with E-state index in [0.717, 1.165) is 39.1 Å². The SMILES string of the molecule is CCOCCNCCCC(C)CO. The number of aliphatic hydroxyl groups is 1. The van der Waals surface area contributed by atoms with Crippen molar-refractivity contribution in [3.8, 4) is 0 Å². The van der Waals surface area contributed by atoms with E-state index in [0.29, 0.717) is 12.5 Å². The highest BCUT2D eigenvalue weighted by Gasteiger charge is 1.98. The van der Waals surface area contributed by atoms with Gasteiger partial charge in [0.05, 0.1) is 6.61 Å². The lowest BCUT2D eigenvalue weighted by Crippen LogP contribution is -2.21. The summed E-state index contributed by atoms with van der Waals surface area (Å²) in [5, 5.41) is 12.1. The van der Waals surface area contributed by atoms with Crippen LogP contribution in [0.15, 0.2) is 0 Å². The molecule has 13 heavy (non-hydrogen) atoms. The van der Waals surface area contributed by atoms with Gasteiger partial charge in [0, 0.05) is 19.8 Å². The Kier molecular flexibility index (Phi) is 9.87. The number of hydrogen-bond acceptors (Lipinski definition) is 3. The normalized spacial score (nSPS) is 13.2. The summed E-state index contributed by atoms with van der Waals surface area (Å²) in [4.78, 5) is 0. The average Bonchev–Trinajstić information content (AvgIpc) is 2.16. The lowest BCUT2D eigenvalue weighted by Gasteiger charge is -2.08. The fourth-order valence-electron chi connectivity index (χ4n) is 1.08. The number of rotatable bonds is 9.